The van der Waals surface area contributed by atoms with Crippen molar-refractivity contribution in [2.24, 2.45) is 5.92 Å². The number of amides is 3. The highest BCUT2D eigenvalue weighted by atomic mass is 16.2. The molecule has 0 aliphatic carbocycles. The molecular formula is C18H23N3O3. The van der Waals surface area contributed by atoms with Gasteiger partial charge in [0.25, 0.3) is 0 Å². The van der Waals surface area contributed by atoms with Crippen LogP contribution in [0.1, 0.15) is 32.3 Å². The topological polar surface area (TPSA) is 69.7 Å². The number of anilines is 2. The Bertz CT molecular complexity index is 686. The van der Waals surface area contributed by atoms with Crippen molar-refractivity contribution in [2.45, 2.75) is 33.1 Å². The minimum Gasteiger partial charge on any atom is -0.356 e. The third kappa shape index (κ3) is 3.00. The molecule has 1 N–H and O–H groups in total. The number of rotatable bonds is 4. The van der Waals surface area contributed by atoms with Crippen LogP contribution in [-0.4, -0.2) is 37.4 Å². The minimum absolute atomic E-state index is 0.0204. The molecule has 3 amide bonds. The molecule has 1 saturated heterocycles. The zero-order chi connectivity index (χ0) is 17.3. The summed E-state index contributed by atoms with van der Waals surface area (Å²) in [7, 11) is 0. The van der Waals surface area contributed by atoms with Crippen LogP contribution in [0.5, 0.6) is 0 Å². The lowest BCUT2D eigenvalue weighted by atomic mass is 10.1. The molecule has 1 aromatic carbocycles. The van der Waals surface area contributed by atoms with Gasteiger partial charge in [0.15, 0.2) is 0 Å². The first-order valence-electron chi connectivity index (χ1n) is 8.50. The van der Waals surface area contributed by atoms with Crippen LogP contribution in [0.2, 0.25) is 0 Å². The molecule has 0 bridgehead atoms. The maximum Gasteiger partial charge on any atom is 0.227 e. The molecule has 0 radical (unpaired) electrons. The Balaban J connectivity index is 1.75. The summed E-state index contributed by atoms with van der Waals surface area (Å²) >= 11 is 0. The molecular weight excluding hydrogens is 306 g/mol. The first kappa shape index (κ1) is 16.5. The molecule has 0 saturated carbocycles. The standard InChI is InChI=1S/C18H23N3O3/c1-3-7-19-18(24)14-10-17(23)21(11-14)15-4-5-16-13(9-15)6-8-20(16)12(2)22/h4-5,9,14H,3,6-8,10-11H2,1-2H3,(H,19,24)/t14-/m1/s1. The molecule has 1 atom stereocenters. The van der Waals surface area contributed by atoms with Crippen LogP contribution in [0, 0.1) is 5.92 Å². The van der Waals surface area contributed by atoms with E-state index in [1.807, 2.05) is 25.1 Å². The van der Waals surface area contributed by atoms with Crippen LogP contribution in [-0.2, 0) is 20.8 Å². The summed E-state index contributed by atoms with van der Waals surface area (Å²) in [4.78, 5) is 39.5. The average Bonchev–Trinajstić information content (AvgIpc) is 3.15. The zero-order valence-corrected chi connectivity index (χ0v) is 14.2. The largest absolute Gasteiger partial charge is 0.356 e. The van der Waals surface area contributed by atoms with Gasteiger partial charge in [0, 0.05) is 44.4 Å². The van der Waals surface area contributed by atoms with E-state index >= 15 is 0 Å². The van der Waals surface area contributed by atoms with E-state index in [9.17, 15) is 14.4 Å². The molecule has 6 heteroatoms. The van der Waals surface area contributed by atoms with Gasteiger partial charge in [-0.2, -0.15) is 0 Å². The number of hydrogen-bond acceptors (Lipinski definition) is 3. The number of nitrogens with one attached hydrogen (secondary N) is 1. The Hall–Kier alpha value is -2.37. The Morgan fingerprint density at radius 1 is 1.33 bits per heavy atom. The third-order valence-corrected chi connectivity index (χ3v) is 4.70. The molecule has 3 rings (SSSR count). The van der Waals surface area contributed by atoms with Crippen molar-refractivity contribution in [1.29, 1.82) is 0 Å². The summed E-state index contributed by atoms with van der Waals surface area (Å²) in [5.74, 6) is -0.318. The third-order valence-electron chi connectivity index (χ3n) is 4.70. The second-order valence-corrected chi connectivity index (χ2v) is 6.43. The predicted octanol–water partition coefficient (Wildman–Crippen LogP) is 1.47. The molecule has 1 aromatic rings. The Labute approximate surface area is 141 Å². The Morgan fingerprint density at radius 3 is 2.83 bits per heavy atom. The lowest BCUT2D eigenvalue weighted by Crippen LogP contribution is -2.33. The molecule has 2 aliphatic heterocycles. The summed E-state index contributed by atoms with van der Waals surface area (Å²) in [6, 6.07) is 5.74. The van der Waals surface area contributed by atoms with E-state index in [4.69, 9.17) is 0 Å². The number of fused-ring (bicyclic) bond motifs is 1. The van der Waals surface area contributed by atoms with E-state index in [-0.39, 0.29) is 30.1 Å². The normalized spacial score (nSPS) is 19.6. The van der Waals surface area contributed by atoms with Gasteiger partial charge in [0.2, 0.25) is 17.7 Å². The van der Waals surface area contributed by atoms with E-state index in [0.717, 1.165) is 29.8 Å². The van der Waals surface area contributed by atoms with Gasteiger partial charge in [-0.05, 0) is 36.6 Å². The van der Waals surface area contributed by atoms with Crippen molar-refractivity contribution in [3.05, 3.63) is 23.8 Å². The highest BCUT2D eigenvalue weighted by Gasteiger charge is 2.35. The van der Waals surface area contributed by atoms with Gasteiger partial charge in [0.05, 0.1) is 5.92 Å². The monoisotopic (exact) mass is 329 g/mol. The fourth-order valence-electron chi connectivity index (χ4n) is 3.41. The molecule has 2 aliphatic rings. The first-order chi connectivity index (χ1) is 11.5. The Morgan fingerprint density at radius 2 is 2.12 bits per heavy atom. The SMILES string of the molecule is CCCNC(=O)[C@@H]1CC(=O)N(c2ccc3c(c2)CCN3C(C)=O)C1. The van der Waals surface area contributed by atoms with Crippen LogP contribution in [0.15, 0.2) is 18.2 Å². The van der Waals surface area contributed by atoms with Gasteiger partial charge in [-0.25, -0.2) is 0 Å². The zero-order valence-electron chi connectivity index (χ0n) is 14.2. The van der Waals surface area contributed by atoms with Gasteiger partial charge >= 0.3 is 0 Å². The fourth-order valence-corrected chi connectivity index (χ4v) is 3.41. The van der Waals surface area contributed by atoms with Crippen LogP contribution >= 0.6 is 0 Å². The van der Waals surface area contributed by atoms with Gasteiger partial charge in [-0.1, -0.05) is 6.92 Å². The average molecular weight is 329 g/mol. The molecule has 0 spiro atoms. The molecule has 24 heavy (non-hydrogen) atoms. The summed E-state index contributed by atoms with van der Waals surface area (Å²) in [5, 5.41) is 2.86. The van der Waals surface area contributed by atoms with E-state index in [0.29, 0.717) is 19.6 Å². The van der Waals surface area contributed by atoms with Crippen molar-refractivity contribution in [3.63, 3.8) is 0 Å². The van der Waals surface area contributed by atoms with Gasteiger partial charge in [-0.15, -0.1) is 0 Å². The Kier molecular flexibility index (Phi) is 4.55. The smallest absolute Gasteiger partial charge is 0.227 e. The van der Waals surface area contributed by atoms with Crippen molar-refractivity contribution in [1.82, 2.24) is 5.32 Å². The second kappa shape index (κ2) is 6.63. The lowest BCUT2D eigenvalue weighted by molar-refractivity contribution is -0.126. The number of hydrogen-bond donors (Lipinski definition) is 1. The molecule has 0 aromatic heterocycles. The van der Waals surface area contributed by atoms with Crippen molar-refractivity contribution in [2.75, 3.05) is 29.4 Å². The summed E-state index contributed by atoms with van der Waals surface area (Å²) in [6.45, 7) is 5.31. The van der Waals surface area contributed by atoms with Crippen LogP contribution in [0.4, 0.5) is 11.4 Å². The molecule has 2 heterocycles. The van der Waals surface area contributed by atoms with E-state index in [1.165, 1.54) is 0 Å². The molecule has 6 nitrogen and oxygen atoms in total. The van der Waals surface area contributed by atoms with Crippen molar-refractivity contribution >= 4 is 29.1 Å². The first-order valence-corrected chi connectivity index (χ1v) is 8.50. The molecule has 0 unspecified atom stereocenters. The molecule has 128 valence electrons. The van der Waals surface area contributed by atoms with Gasteiger partial charge < -0.3 is 15.1 Å². The number of benzene rings is 1. The van der Waals surface area contributed by atoms with Crippen LogP contribution in [0.25, 0.3) is 0 Å². The fraction of sp³-hybridized carbons (Fsp3) is 0.500. The van der Waals surface area contributed by atoms with E-state index in [1.54, 1.807) is 16.7 Å². The summed E-state index contributed by atoms with van der Waals surface area (Å²) < 4.78 is 0. The van der Waals surface area contributed by atoms with Gasteiger partial charge in [-0.3, -0.25) is 14.4 Å². The summed E-state index contributed by atoms with van der Waals surface area (Å²) in [6.07, 6.45) is 1.94. The highest BCUT2D eigenvalue weighted by Crippen LogP contribution is 2.34. The minimum atomic E-state index is -0.286. The highest BCUT2D eigenvalue weighted by molar-refractivity contribution is 6.01. The maximum atomic E-state index is 12.3. The van der Waals surface area contributed by atoms with Gasteiger partial charge in [0.1, 0.15) is 0 Å². The van der Waals surface area contributed by atoms with Crippen LogP contribution in [0.3, 0.4) is 0 Å². The van der Waals surface area contributed by atoms with Crippen LogP contribution < -0.4 is 15.1 Å². The van der Waals surface area contributed by atoms with Crippen molar-refractivity contribution < 1.29 is 14.4 Å². The maximum absolute atomic E-state index is 12.3. The second-order valence-electron chi connectivity index (χ2n) is 6.43. The number of carbonyl (C=O) groups excluding carboxylic acids is 3. The quantitative estimate of drug-likeness (QED) is 0.909. The van der Waals surface area contributed by atoms with E-state index < -0.39 is 0 Å². The molecule has 1 fully saturated rings. The summed E-state index contributed by atoms with van der Waals surface area (Å²) in [5.41, 5.74) is 2.82. The lowest BCUT2D eigenvalue weighted by Gasteiger charge is -2.19. The van der Waals surface area contributed by atoms with E-state index in [2.05, 4.69) is 5.32 Å². The number of nitrogens with zero attached hydrogens (tertiary/aromatic N) is 2. The number of carbonyl (C=O) groups is 3. The van der Waals surface area contributed by atoms with Crippen molar-refractivity contribution in [3.8, 4) is 0 Å². The predicted molar refractivity (Wildman–Crippen MR) is 91.9 cm³/mol.